The summed E-state index contributed by atoms with van der Waals surface area (Å²) in [5.41, 5.74) is 5.66. The number of aromatic nitrogens is 2. The molecule has 0 bridgehead atoms. The van der Waals surface area contributed by atoms with Gasteiger partial charge in [-0.15, -0.1) is 0 Å². The Bertz CT molecular complexity index is 712. The average Bonchev–Trinajstić information content (AvgIpc) is 2.37. The van der Waals surface area contributed by atoms with E-state index in [0.717, 1.165) is 6.26 Å². The number of nitrogen functional groups attached to an aromatic ring is 1. The maximum atomic E-state index is 11.4. The van der Waals surface area contributed by atoms with Crippen molar-refractivity contribution in [3.8, 4) is 11.6 Å². The van der Waals surface area contributed by atoms with Crippen molar-refractivity contribution in [2.24, 2.45) is 0 Å². The number of sulfone groups is 1. The van der Waals surface area contributed by atoms with Crippen molar-refractivity contribution in [3.05, 3.63) is 36.2 Å². The van der Waals surface area contributed by atoms with Gasteiger partial charge in [0.15, 0.2) is 9.84 Å². The van der Waals surface area contributed by atoms with Crippen LogP contribution in [-0.4, -0.2) is 24.6 Å². The van der Waals surface area contributed by atoms with Gasteiger partial charge in [-0.05, 0) is 24.3 Å². The zero-order valence-corrected chi connectivity index (χ0v) is 12.0. The summed E-state index contributed by atoms with van der Waals surface area (Å²) < 4.78 is 28.2. The number of benzene rings is 1. The summed E-state index contributed by atoms with van der Waals surface area (Å²) in [6.45, 7) is 1.92. The second-order valence-electron chi connectivity index (χ2n) is 4.25. The highest BCUT2D eigenvalue weighted by Gasteiger charge is 2.08. The van der Waals surface area contributed by atoms with Gasteiger partial charge in [-0.2, -0.15) is 4.98 Å². The van der Waals surface area contributed by atoms with Crippen LogP contribution in [0, 0.1) is 0 Å². The molecule has 2 N–H and O–H groups in total. The number of anilines is 1. The Morgan fingerprint density at radius 1 is 1.20 bits per heavy atom. The monoisotopic (exact) mass is 293 g/mol. The zero-order valence-electron chi connectivity index (χ0n) is 11.2. The first kappa shape index (κ1) is 14.3. The topological polar surface area (TPSA) is 95.2 Å². The van der Waals surface area contributed by atoms with Crippen molar-refractivity contribution in [1.29, 1.82) is 0 Å². The number of ether oxygens (including phenoxy) is 1. The van der Waals surface area contributed by atoms with Gasteiger partial charge < -0.3 is 10.5 Å². The first-order valence-electron chi connectivity index (χ1n) is 6.00. The molecular formula is C13H15N3O3S. The average molecular weight is 293 g/mol. The number of nitrogens with two attached hydrogens (primary N) is 1. The highest BCUT2D eigenvalue weighted by molar-refractivity contribution is 7.90. The normalized spacial score (nSPS) is 11.3. The van der Waals surface area contributed by atoms with E-state index < -0.39 is 9.84 Å². The molecule has 0 saturated carbocycles. The third kappa shape index (κ3) is 3.45. The summed E-state index contributed by atoms with van der Waals surface area (Å²) in [4.78, 5) is 8.47. The lowest BCUT2D eigenvalue weighted by Crippen LogP contribution is -2.00. The number of hydrogen-bond acceptors (Lipinski definition) is 6. The zero-order chi connectivity index (χ0) is 14.8. The Hall–Kier alpha value is -2.15. The van der Waals surface area contributed by atoms with Gasteiger partial charge >= 0.3 is 0 Å². The lowest BCUT2D eigenvalue weighted by molar-refractivity contribution is 0.459. The summed E-state index contributed by atoms with van der Waals surface area (Å²) in [6, 6.07) is 7.62. The Balaban J connectivity index is 2.24. The first-order chi connectivity index (χ1) is 9.38. The number of nitrogens with zero attached hydrogens (tertiary/aromatic N) is 2. The molecule has 1 aromatic carbocycles. The van der Waals surface area contributed by atoms with E-state index in [2.05, 4.69) is 9.97 Å². The van der Waals surface area contributed by atoms with E-state index in [4.69, 9.17) is 10.5 Å². The van der Waals surface area contributed by atoms with Crippen molar-refractivity contribution < 1.29 is 13.2 Å². The van der Waals surface area contributed by atoms with Crippen molar-refractivity contribution in [1.82, 2.24) is 9.97 Å². The summed E-state index contributed by atoms with van der Waals surface area (Å²) in [5, 5.41) is 0. The summed E-state index contributed by atoms with van der Waals surface area (Å²) in [7, 11) is -3.21. The molecule has 7 heteroatoms. The molecule has 1 aromatic heterocycles. The summed E-state index contributed by atoms with van der Waals surface area (Å²) >= 11 is 0. The van der Waals surface area contributed by atoms with Gasteiger partial charge in [0.1, 0.15) is 17.4 Å². The number of aryl methyl sites for hydroxylation is 1. The van der Waals surface area contributed by atoms with Gasteiger partial charge in [0.2, 0.25) is 5.88 Å². The van der Waals surface area contributed by atoms with E-state index in [9.17, 15) is 8.42 Å². The minimum Gasteiger partial charge on any atom is -0.439 e. The lowest BCUT2D eigenvalue weighted by atomic mass is 10.3. The second kappa shape index (κ2) is 5.46. The largest absolute Gasteiger partial charge is 0.439 e. The summed E-state index contributed by atoms with van der Waals surface area (Å²) in [6.07, 6.45) is 1.80. The SMILES string of the molecule is CCc1nc(N)cc(Oc2ccc(S(C)(=O)=O)cc2)n1. The van der Waals surface area contributed by atoms with E-state index >= 15 is 0 Å². The Labute approximate surface area is 117 Å². The van der Waals surface area contributed by atoms with Gasteiger partial charge in [-0.25, -0.2) is 13.4 Å². The van der Waals surface area contributed by atoms with Crippen LogP contribution in [0.1, 0.15) is 12.7 Å². The van der Waals surface area contributed by atoms with Gasteiger partial charge in [-0.1, -0.05) is 6.92 Å². The number of hydrogen-bond donors (Lipinski definition) is 1. The fraction of sp³-hybridized carbons (Fsp3) is 0.231. The van der Waals surface area contributed by atoms with Crippen molar-refractivity contribution in [2.45, 2.75) is 18.2 Å². The van der Waals surface area contributed by atoms with E-state index in [1.165, 1.54) is 18.2 Å². The molecule has 20 heavy (non-hydrogen) atoms. The fourth-order valence-electron chi connectivity index (χ4n) is 1.58. The van der Waals surface area contributed by atoms with Crippen LogP contribution in [0.2, 0.25) is 0 Å². The van der Waals surface area contributed by atoms with Gasteiger partial charge in [0.05, 0.1) is 4.90 Å². The smallest absolute Gasteiger partial charge is 0.224 e. The Morgan fingerprint density at radius 3 is 2.40 bits per heavy atom. The number of rotatable bonds is 4. The fourth-order valence-corrected chi connectivity index (χ4v) is 2.21. The standard InChI is InChI=1S/C13H15N3O3S/c1-3-12-15-11(14)8-13(16-12)19-9-4-6-10(7-5-9)20(2,17)18/h4-8H,3H2,1-2H3,(H2,14,15,16). The predicted octanol–water partition coefficient (Wildman–Crippen LogP) is 1.82. The molecule has 0 spiro atoms. The van der Waals surface area contributed by atoms with Crippen LogP contribution in [-0.2, 0) is 16.3 Å². The van der Waals surface area contributed by atoms with Crippen LogP contribution in [0.4, 0.5) is 5.82 Å². The van der Waals surface area contributed by atoms with Gasteiger partial charge in [-0.3, -0.25) is 0 Å². The second-order valence-corrected chi connectivity index (χ2v) is 6.26. The molecule has 0 amide bonds. The predicted molar refractivity (Wildman–Crippen MR) is 75.4 cm³/mol. The Kier molecular flexibility index (Phi) is 3.89. The van der Waals surface area contributed by atoms with E-state index in [1.54, 1.807) is 12.1 Å². The molecule has 0 fully saturated rings. The van der Waals surface area contributed by atoms with Crippen LogP contribution in [0.3, 0.4) is 0 Å². The molecule has 0 saturated heterocycles. The van der Waals surface area contributed by atoms with Crippen LogP contribution in [0.5, 0.6) is 11.6 Å². The summed E-state index contributed by atoms with van der Waals surface area (Å²) in [5.74, 6) is 1.74. The molecule has 0 aliphatic heterocycles. The molecule has 2 rings (SSSR count). The van der Waals surface area contributed by atoms with Crippen LogP contribution in [0.25, 0.3) is 0 Å². The molecule has 0 aliphatic carbocycles. The quantitative estimate of drug-likeness (QED) is 0.923. The highest BCUT2D eigenvalue weighted by Crippen LogP contribution is 2.22. The molecule has 0 unspecified atom stereocenters. The third-order valence-corrected chi connectivity index (χ3v) is 3.69. The van der Waals surface area contributed by atoms with Crippen molar-refractivity contribution >= 4 is 15.7 Å². The van der Waals surface area contributed by atoms with Crippen molar-refractivity contribution in [3.63, 3.8) is 0 Å². The van der Waals surface area contributed by atoms with Crippen LogP contribution >= 0.6 is 0 Å². The Morgan fingerprint density at radius 2 is 1.85 bits per heavy atom. The molecular weight excluding hydrogens is 278 g/mol. The van der Waals surface area contributed by atoms with Gasteiger partial charge in [0, 0.05) is 18.7 Å². The molecule has 0 atom stereocenters. The van der Waals surface area contributed by atoms with E-state index in [1.807, 2.05) is 6.92 Å². The minimum absolute atomic E-state index is 0.237. The molecule has 6 nitrogen and oxygen atoms in total. The molecule has 1 heterocycles. The molecule has 0 radical (unpaired) electrons. The van der Waals surface area contributed by atoms with Gasteiger partial charge in [0.25, 0.3) is 0 Å². The molecule has 106 valence electrons. The third-order valence-electron chi connectivity index (χ3n) is 2.56. The first-order valence-corrected chi connectivity index (χ1v) is 7.89. The lowest BCUT2D eigenvalue weighted by Gasteiger charge is -2.07. The molecule has 0 aliphatic rings. The molecule has 2 aromatic rings. The maximum absolute atomic E-state index is 11.4. The maximum Gasteiger partial charge on any atom is 0.224 e. The van der Waals surface area contributed by atoms with Crippen molar-refractivity contribution in [2.75, 3.05) is 12.0 Å². The minimum atomic E-state index is -3.21. The highest BCUT2D eigenvalue weighted by atomic mass is 32.2. The van der Waals surface area contributed by atoms with E-state index in [0.29, 0.717) is 29.7 Å². The van der Waals surface area contributed by atoms with E-state index in [-0.39, 0.29) is 4.90 Å². The van der Waals surface area contributed by atoms with Crippen LogP contribution in [0.15, 0.2) is 35.2 Å². The van der Waals surface area contributed by atoms with Crippen LogP contribution < -0.4 is 10.5 Å².